The molecule has 0 aromatic carbocycles. The number of hydrogen-bond donors (Lipinski definition) is 0. The van der Waals surface area contributed by atoms with Crippen molar-refractivity contribution in [3.8, 4) is 0 Å². The molecular weight excluding hydrogens is 208 g/mol. The van der Waals surface area contributed by atoms with E-state index in [1.54, 1.807) is 6.92 Å². The predicted molar refractivity (Wildman–Crippen MR) is 67.2 cm³/mol. The molecule has 0 aliphatic rings. The standard InChI is InChI=1S/C9H14O4.3CH4/c1-3-8(10)13-7-5-6-9(11)12-4-2;;;/h3H,1,4-7H2,2H3;3*1H4. The van der Waals surface area contributed by atoms with Crippen LogP contribution in [0.1, 0.15) is 42.0 Å². The number of carbonyl (C=O) groups is 2. The van der Waals surface area contributed by atoms with Crippen molar-refractivity contribution >= 4 is 11.9 Å². The molecule has 0 atom stereocenters. The van der Waals surface area contributed by atoms with Crippen LogP contribution in [0.2, 0.25) is 0 Å². The van der Waals surface area contributed by atoms with Gasteiger partial charge in [-0.2, -0.15) is 0 Å². The van der Waals surface area contributed by atoms with Crippen molar-refractivity contribution in [3.63, 3.8) is 0 Å². The van der Waals surface area contributed by atoms with E-state index in [2.05, 4.69) is 16.1 Å². The Morgan fingerprint density at radius 1 is 1.19 bits per heavy atom. The lowest BCUT2D eigenvalue weighted by Crippen LogP contribution is -2.07. The van der Waals surface area contributed by atoms with Gasteiger partial charge in [-0.3, -0.25) is 4.79 Å². The third-order valence-electron chi connectivity index (χ3n) is 1.24. The van der Waals surface area contributed by atoms with Crippen molar-refractivity contribution < 1.29 is 19.1 Å². The van der Waals surface area contributed by atoms with Crippen LogP contribution in [0.15, 0.2) is 12.7 Å². The molecule has 0 unspecified atom stereocenters. The van der Waals surface area contributed by atoms with Gasteiger partial charge in [-0.1, -0.05) is 28.9 Å². The zero-order valence-electron chi connectivity index (χ0n) is 7.75. The molecule has 4 nitrogen and oxygen atoms in total. The number of hydrogen-bond acceptors (Lipinski definition) is 4. The second kappa shape index (κ2) is 16.1. The van der Waals surface area contributed by atoms with Crippen LogP contribution in [0.5, 0.6) is 0 Å². The van der Waals surface area contributed by atoms with E-state index in [9.17, 15) is 9.59 Å². The summed E-state index contributed by atoms with van der Waals surface area (Å²) in [6.07, 6.45) is 1.85. The zero-order chi connectivity index (χ0) is 10.1. The van der Waals surface area contributed by atoms with Gasteiger partial charge >= 0.3 is 11.9 Å². The molecule has 0 aromatic rings. The molecule has 16 heavy (non-hydrogen) atoms. The second-order valence-electron chi connectivity index (χ2n) is 2.28. The van der Waals surface area contributed by atoms with Crippen molar-refractivity contribution in [3.05, 3.63) is 12.7 Å². The van der Waals surface area contributed by atoms with Gasteiger partial charge in [0, 0.05) is 12.5 Å². The Kier molecular flexibility index (Phi) is 24.3. The highest BCUT2D eigenvalue weighted by Gasteiger charge is 2.01. The summed E-state index contributed by atoms with van der Waals surface area (Å²) in [5.74, 6) is -0.735. The van der Waals surface area contributed by atoms with Crippen molar-refractivity contribution in [2.45, 2.75) is 42.0 Å². The lowest BCUT2D eigenvalue weighted by Gasteiger charge is -2.01. The minimum absolute atomic E-state index is 0. The molecule has 98 valence electrons. The molecule has 0 fully saturated rings. The van der Waals surface area contributed by atoms with Crippen molar-refractivity contribution in [2.24, 2.45) is 0 Å². The lowest BCUT2D eigenvalue weighted by molar-refractivity contribution is -0.145. The quantitative estimate of drug-likeness (QED) is 0.403. The Balaban J connectivity index is -0.000000240. The zero-order valence-corrected chi connectivity index (χ0v) is 7.75. The Labute approximate surface area is 99.6 Å². The normalized spacial score (nSPS) is 7.31. The average molecular weight is 234 g/mol. The van der Waals surface area contributed by atoms with Crippen LogP contribution in [0, 0.1) is 0 Å². The van der Waals surface area contributed by atoms with E-state index in [4.69, 9.17) is 0 Å². The van der Waals surface area contributed by atoms with E-state index in [0.29, 0.717) is 13.0 Å². The smallest absolute Gasteiger partial charge is 0.330 e. The van der Waals surface area contributed by atoms with Gasteiger partial charge in [0.05, 0.1) is 13.2 Å². The molecule has 0 spiro atoms. The third-order valence-corrected chi connectivity index (χ3v) is 1.24. The maximum absolute atomic E-state index is 10.8. The SMILES string of the molecule is C.C.C.C=CC(=O)OCCCC(=O)OCC. The fourth-order valence-corrected chi connectivity index (χ4v) is 0.681. The molecule has 0 saturated heterocycles. The highest BCUT2D eigenvalue weighted by molar-refractivity contribution is 5.81. The first-order valence-electron chi connectivity index (χ1n) is 4.15. The van der Waals surface area contributed by atoms with Crippen LogP contribution in [-0.4, -0.2) is 25.2 Å². The first-order chi connectivity index (χ1) is 6.20. The van der Waals surface area contributed by atoms with E-state index in [0.717, 1.165) is 6.08 Å². The summed E-state index contributed by atoms with van der Waals surface area (Å²) in [5.41, 5.74) is 0. The monoisotopic (exact) mass is 234 g/mol. The van der Waals surface area contributed by atoms with Crippen LogP contribution in [0.3, 0.4) is 0 Å². The van der Waals surface area contributed by atoms with Crippen molar-refractivity contribution in [1.29, 1.82) is 0 Å². The van der Waals surface area contributed by atoms with Crippen LogP contribution < -0.4 is 0 Å². The highest BCUT2D eigenvalue weighted by Crippen LogP contribution is 1.94. The Morgan fingerprint density at radius 2 is 1.75 bits per heavy atom. The van der Waals surface area contributed by atoms with Crippen LogP contribution in [0.4, 0.5) is 0 Å². The summed E-state index contributed by atoms with van der Waals surface area (Å²) in [5, 5.41) is 0. The number of ether oxygens (including phenoxy) is 2. The average Bonchev–Trinajstić information content (AvgIpc) is 2.12. The molecular formula is C12H26O4. The largest absolute Gasteiger partial charge is 0.466 e. The molecule has 0 aliphatic carbocycles. The topological polar surface area (TPSA) is 52.6 Å². The maximum atomic E-state index is 10.8. The predicted octanol–water partition coefficient (Wildman–Crippen LogP) is 2.97. The van der Waals surface area contributed by atoms with Gasteiger partial charge in [-0.05, 0) is 13.3 Å². The number of carbonyl (C=O) groups excluding carboxylic acids is 2. The summed E-state index contributed by atoms with van der Waals surface area (Å²) in [4.78, 5) is 21.3. The highest BCUT2D eigenvalue weighted by atomic mass is 16.5. The van der Waals surface area contributed by atoms with Crippen molar-refractivity contribution in [2.75, 3.05) is 13.2 Å². The molecule has 0 amide bonds. The molecule has 0 aromatic heterocycles. The first kappa shape index (κ1) is 24.1. The molecule has 4 heteroatoms. The summed E-state index contributed by atoms with van der Waals surface area (Å²) in [7, 11) is 0. The minimum atomic E-state index is -0.469. The van der Waals surface area contributed by atoms with Gasteiger partial charge in [-0.15, -0.1) is 0 Å². The number of esters is 2. The van der Waals surface area contributed by atoms with E-state index >= 15 is 0 Å². The fourth-order valence-electron chi connectivity index (χ4n) is 0.681. The van der Waals surface area contributed by atoms with Gasteiger partial charge in [0.2, 0.25) is 0 Å². The fraction of sp³-hybridized carbons (Fsp3) is 0.667. The molecule has 0 heterocycles. The molecule has 0 aliphatic heterocycles. The Bertz CT molecular complexity index is 187. The van der Waals surface area contributed by atoms with Gasteiger partial charge in [0.1, 0.15) is 0 Å². The lowest BCUT2D eigenvalue weighted by atomic mass is 10.3. The Morgan fingerprint density at radius 3 is 2.19 bits per heavy atom. The van der Waals surface area contributed by atoms with E-state index < -0.39 is 5.97 Å². The summed E-state index contributed by atoms with van der Waals surface area (Å²) in [6.45, 7) is 5.59. The van der Waals surface area contributed by atoms with Crippen LogP contribution >= 0.6 is 0 Å². The summed E-state index contributed by atoms with van der Waals surface area (Å²) >= 11 is 0. The van der Waals surface area contributed by atoms with E-state index in [-0.39, 0.29) is 41.3 Å². The Hall–Kier alpha value is -1.32. The van der Waals surface area contributed by atoms with Gasteiger partial charge in [0.15, 0.2) is 0 Å². The summed E-state index contributed by atoms with van der Waals surface area (Å²) in [6, 6.07) is 0. The van der Waals surface area contributed by atoms with Crippen molar-refractivity contribution in [1.82, 2.24) is 0 Å². The van der Waals surface area contributed by atoms with Crippen LogP contribution in [0.25, 0.3) is 0 Å². The van der Waals surface area contributed by atoms with Gasteiger partial charge in [0.25, 0.3) is 0 Å². The molecule has 0 radical (unpaired) electrons. The van der Waals surface area contributed by atoms with E-state index in [1.165, 1.54) is 0 Å². The maximum Gasteiger partial charge on any atom is 0.330 e. The van der Waals surface area contributed by atoms with E-state index in [1.807, 2.05) is 0 Å². The number of rotatable bonds is 6. The third kappa shape index (κ3) is 15.2. The first-order valence-corrected chi connectivity index (χ1v) is 4.15. The molecule has 0 saturated carbocycles. The second-order valence-corrected chi connectivity index (χ2v) is 2.28. The minimum Gasteiger partial charge on any atom is -0.466 e. The van der Waals surface area contributed by atoms with Crippen LogP contribution in [-0.2, 0) is 19.1 Å². The molecule has 0 rings (SSSR count). The molecule has 0 bridgehead atoms. The molecule has 0 N–H and O–H groups in total. The van der Waals surface area contributed by atoms with Gasteiger partial charge < -0.3 is 9.47 Å². The van der Waals surface area contributed by atoms with Gasteiger partial charge in [-0.25, -0.2) is 4.79 Å². The summed E-state index contributed by atoms with van der Waals surface area (Å²) < 4.78 is 9.33.